The molecule has 2 aromatic rings. The summed E-state index contributed by atoms with van der Waals surface area (Å²) in [5.41, 5.74) is 3.43. The Morgan fingerprint density at radius 2 is 1.90 bits per heavy atom. The molecule has 0 bridgehead atoms. The monoisotopic (exact) mass is 396 g/mol. The number of ether oxygens (including phenoxy) is 3. The first-order valence-electron chi connectivity index (χ1n) is 10.2. The van der Waals surface area contributed by atoms with Gasteiger partial charge in [0.2, 0.25) is 0 Å². The molecule has 0 aromatic heterocycles. The van der Waals surface area contributed by atoms with Crippen molar-refractivity contribution in [2.45, 2.75) is 19.5 Å². The van der Waals surface area contributed by atoms with E-state index < -0.39 is 0 Å². The molecule has 156 valence electrons. The standard InChI is InChI=1S/C24H32N2O3/c1-19(2)18-29-24-15-20(9-10-23(24)27-3)16-25-22(21-7-5-4-6-8-21)17-26-11-13-28-14-12-26/h4-10,15,22,25H,1,11-14,16-18H2,2-3H3. The SMILES string of the molecule is C=C(C)COc1cc(CNC(CN2CCOCC2)c2ccccc2)ccc1OC. The van der Waals surface area contributed by atoms with E-state index in [4.69, 9.17) is 14.2 Å². The van der Waals surface area contributed by atoms with Gasteiger partial charge in [0.05, 0.1) is 20.3 Å². The van der Waals surface area contributed by atoms with Gasteiger partial charge in [-0.1, -0.05) is 43.0 Å². The molecule has 0 spiro atoms. The predicted octanol–water partition coefficient (Wildman–Crippen LogP) is 3.81. The second kappa shape index (κ2) is 11.0. The maximum absolute atomic E-state index is 5.87. The van der Waals surface area contributed by atoms with Crippen molar-refractivity contribution in [3.05, 3.63) is 71.8 Å². The zero-order valence-corrected chi connectivity index (χ0v) is 17.5. The van der Waals surface area contributed by atoms with E-state index in [0.717, 1.165) is 62.0 Å². The second-order valence-corrected chi connectivity index (χ2v) is 7.49. The van der Waals surface area contributed by atoms with Crippen molar-refractivity contribution in [2.24, 2.45) is 0 Å². The molecule has 5 nitrogen and oxygen atoms in total. The van der Waals surface area contributed by atoms with Gasteiger partial charge >= 0.3 is 0 Å². The molecule has 1 aliphatic rings. The first kappa shape index (κ1) is 21.4. The Bertz CT molecular complexity index is 773. The first-order chi connectivity index (χ1) is 14.2. The van der Waals surface area contributed by atoms with Crippen LogP contribution in [0.5, 0.6) is 11.5 Å². The lowest BCUT2D eigenvalue weighted by atomic mass is 10.1. The third-order valence-electron chi connectivity index (χ3n) is 5.00. The van der Waals surface area contributed by atoms with E-state index in [1.807, 2.05) is 19.1 Å². The zero-order valence-electron chi connectivity index (χ0n) is 17.5. The normalized spacial score (nSPS) is 15.7. The number of rotatable bonds is 10. The summed E-state index contributed by atoms with van der Waals surface area (Å²) in [5, 5.41) is 3.73. The number of benzene rings is 2. The van der Waals surface area contributed by atoms with Gasteiger partial charge in [0.1, 0.15) is 6.61 Å². The van der Waals surface area contributed by atoms with Gasteiger partial charge in [-0.2, -0.15) is 0 Å². The molecule has 1 heterocycles. The molecule has 1 aliphatic heterocycles. The summed E-state index contributed by atoms with van der Waals surface area (Å²) in [6.07, 6.45) is 0. The zero-order chi connectivity index (χ0) is 20.5. The van der Waals surface area contributed by atoms with E-state index in [0.29, 0.717) is 6.61 Å². The third kappa shape index (κ3) is 6.60. The van der Waals surface area contributed by atoms with Gasteiger partial charge < -0.3 is 19.5 Å². The summed E-state index contributed by atoms with van der Waals surface area (Å²) in [5.74, 6) is 1.49. The van der Waals surface area contributed by atoms with Gasteiger partial charge in [-0.25, -0.2) is 0 Å². The summed E-state index contributed by atoms with van der Waals surface area (Å²) in [6.45, 7) is 11.6. The molecular weight excluding hydrogens is 364 g/mol. The van der Waals surface area contributed by atoms with E-state index in [2.05, 4.69) is 53.2 Å². The molecule has 2 aromatic carbocycles. The largest absolute Gasteiger partial charge is 0.493 e. The van der Waals surface area contributed by atoms with Gasteiger partial charge in [-0.3, -0.25) is 4.90 Å². The Morgan fingerprint density at radius 3 is 2.59 bits per heavy atom. The van der Waals surface area contributed by atoms with Crippen LogP contribution >= 0.6 is 0 Å². The molecule has 3 rings (SSSR count). The number of morpholine rings is 1. The maximum Gasteiger partial charge on any atom is 0.161 e. The average Bonchev–Trinajstić information content (AvgIpc) is 2.76. The molecule has 0 amide bonds. The van der Waals surface area contributed by atoms with Crippen LogP contribution in [0.25, 0.3) is 0 Å². The van der Waals surface area contributed by atoms with E-state index in [-0.39, 0.29) is 6.04 Å². The molecule has 0 aliphatic carbocycles. The summed E-state index contributed by atoms with van der Waals surface area (Å²) in [7, 11) is 1.66. The minimum Gasteiger partial charge on any atom is -0.493 e. The number of nitrogens with zero attached hydrogens (tertiary/aromatic N) is 1. The van der Waals surface area contributed by atoms with Crippen molar-refractivity contribution < 1.29 is 14.2 Å². The Morgan fingerprint density at radius 1 is 1.14 bits per heavy atom. The molecule has 1 atom stereocenters. The summed E-state index contributed by atoms with van der Waals surface area (Å²) in [4.78, 5) is 2.46. The van der Waals surface area contributed by atoms with E-state index >= 15 is 0 Å². The second-order valence-electron chi connectivity index (χ2n) is 7.49. The molecule has 0 radical (unpaired) electrons. The van der Waals surface area contributed by atoms with Gasteiger partial charge in [-0.15, -0.1) is 0 Å². The van der Waals surface area contributed by atoms with E-state index in [1.165, 1.54) is 5.56 Å². The molecule has 1 fully saturated rings. The Kier molecular flexibility index (Phi) is 8.11. The van der Waals surface area contributed by atoms with Crippen LogP contribution in [-0.2, 0) is 11.3 Å². The van der Waals surface area contributed by atoms with Crippen LogP contribution in [0.15, 0.2) is 60.7 Å². The quantitative estimate of drug-likeness (QED) is 0.619. The Labute approximate surface area is 174 Å². The van der Waals surface area contributed by atoms with Crippen molar-refractivity contribution >= 4 is 0 Å². The van der Waals surface area contributed by atoms with Crippen LogP contribution in [0, 0.1) is 0 Å². The number of nitrogens with one attached hydrogen (secondary N) is 1. The topological polar surface area (TPSA) is 43.0 Å². The van der Waals surface area contributed by atoms with Gasteiger partial charge in [0.15, 0.2) is 11.5 Å². The molecule has 1 unspecified atom stereocenters. The molecule has 5 heteroatoms. The fourth-order valence-corrected chi connectivity index (χ4v) is 3.40. The van der Waals surface area contributed by atoms with E-state index in [9.17, 15) is 0 Å². The van der Waals surface area contributed by atoms with Crippen molar-refractivity contribution in [2.75, 3.05) is 46.6 Å². The minimum absolute atomic E-state index is 0.246. The van der Waals surface area contributed by atoms with Gasteiger partial charge in [0.25, 0.3) is 0 Å². The third-order valence-corrected chi connectivity index (χ3v) is 5.00. The Balaban J connectivity index is 1.69. The fourth-order valence-electron chi connectivity index (χ4n) is 3.40. The van der Waals surface area contributed by atoms with Crippen LogP contribution < -0.4 is 14.8 Å². The van der Waals surface area contributed by atoms with Crippen molar-refractivity contribution in [1.82, 2.24) is 10.2 Å². The van der Waals surface area contributed by atoms with Gasteiger partial charge in [-0.05, 0) is 35.8 Å². The highest BCUT2D eigenvalue weighted by molar-refractivity contribution is 5.43. The predicted molar refractivity (Wildman–Crippen MR) is 117 cm³/mol. The average molecular weight is 397 g/mol. The summed E-state index contributed by atoms with van der Waals surface area (Å²) in [6, 6.07) is 17.0. The number of hydrogen-bond donors (Lipinski definition) is 1. The number of methoxy groups -OCH3 is 1. The number of hydrogen-bond acceptors (Lipinski definition) is 5. The van der Waals surface area contributed by atoms with Crippen LogP contribution in [0.2, 0.25) is 0 Å². The van der Waals surface area contributed by atoms with Crippen LogP contribution in [0.1, 0.15) is 24.1 Å². The summed E-state index contributed by atoms with van der Waals surface area (Å²) < 4.78 is 16.8. The molecular formula is C24H32N2O3. The molecule has 0 saturated carbocycles. The molecule has 29 heavy (non-hydrogen) atoms. The first-order valence-corrected chi connectivity index (χ1v) is 10.2. The lowest BCUT2D eigenvalue weighted by molar-refractivity contribution is 0.0333. The minimum atomic E-state index is 0.246. The molecule has 1 N–H and O–H groups in total. The fraction of sp³-hybridized carbons (Fsp3) is 0.417. The Hall–Kier alpha value is -2.34. The highest BCUT2D eigenvalue weighted by atomic mass is 16.5. The lowest BCUT2D eigenvalue weighted by Crippen LogP contribution is -2.41. The maximum atomic E-state index is 5.87. The smallest absolute Gasteiger partial charge is 0.161 e. The van der Waals surface area contributed by atoms with Crippen molar-refractivity contribution in [3.63, 3.8) is 0 Å². The van der Waals surface area contributed by atoms with Crippen LogP contribution in [-0.4, -0.2) is 51.5 Å². The van der Waals surface area contributed by atoms with Crippen LogP contribution in [0.3, 0.4) is 0 Å². The highest BCUT2D eigenvalue weighted by Gasteiger charge is 2.18. The van der Waals surface area contributed by atoms with Gasteiger partial charge in [0, 0.05) is 32.2 Å². The van der Waals surface area contributed by atoms with Crippen LogP contribution in [0.4, 0.5) is 0 Å². The lowest BCUT2D eigenvalue weighted by Gasteiger charge is -2.31. The molecule has 1 saturated heterocycles. The van der Waals surface area contributed by atoms with Crippen molar-refractivity contribution in [1.29, 1.82) is 0 Å². The highest BCUT2D eigenvalue weighted by Crippen LogP contribution is 2.28. The van der Waals surface area contributed by atoms with Crippen molar-refractivity contribution in [3.8, 4) is 11.5 Å². The van der Waals surface area contributed by atoms with E-state index in [1.54, 1.807) is 7.11 Å². The summed E-state index contributed by atoms with van der Waals surface area (Å²) >= 11 is 0.